The van der Waals surface area contributed by atoms with E-state index in [1.807, 2.05) is 20.8 Å². The van der Waals surface area contributed by atoms with Crippen LogP contribution in [0.1, 0.15) is 47.2 Å². The highest BCUT2D eigenvalue weighted by Gasteiger charge is 2.22. The van der Waals surface area contributed by atoms with E-state index in [2.05, 4.69) is 10.4 Å². The number of anilines is 1. The van der Waals surface area contributed by atoms with Gasteiger partial charge in [0, 0.05) is 5.69 Å². The normalized spacial score (nSPS) is 11.2. The maximum absolute atomic E-state index is 12.5. The second-order valence-electron chi connectivity index (χ2n) is 6.40. The van der Waals surface area contributed by atoms with Crippen LogP contribution < -0.4 is 10.1 Å². The smallest absolute Gasteiger partial charge is 0.337 e. The molecule has 1 amide bonds. The van der Waals surface area contributed by atoms with Gasteiger partial charge in [-0.05, 0) is 45.9 Å². The predicted octanol–water partition coefficient (Wildman–Crippen LogP) is 2.91. The molecule has 2 rings (SSSR count). The molecule has 1 aromatic carbocycles. The highest BCUT2D eigenvalue weighted by molar-refractivity contribution is 6.08. The van der Waals surface area contributed by atoms with Gasteiger partial charge >= 0.3 is 5.97 Å². The Labute approximate surface area is 140 Å². The number of aromatic nitrogens is 2. The third-order valence-corrected chi connectivity index (χ3v) is 3.60. The Morgan fingerprint density at radius 1 is 1.25 bits per heavy atom. The molecule has 1 aromatic heterocycles. The zero-order valence-corrected chi connectivity index (χ0v) is 14.4. The average Bonchev–Trinajstić information content (AvgIpc) is 2.89. The van der Waals surface area contributed by atoms with Crippen molar-refractivity contribution in [2.24, 2.45) is 0 Å². The zero-order chi connectivity index (χ0) is 18.1. The molecule has 0 saturated carbocycles. The van der Waals surface area contributed by atoms with Crippen molar-refractivity contribution in [3.8, 4) is 5.75 Å². The molecule has 7 heteroatoms. The molecule has 7 nitrogen and oxygen atoms in total. The van der Waals surface area contributed by atoms with Crippen LogP contribution in [0.4, 0.5) is 5.69 Å². The summed E-state index contributed by atoms with van der Waals surface area (Å²) in [5.41, 5.74) is 1.02. The highest BCUT2D eigenvalue weighted by atomic mass is 16.5. The molecule has 0 aliphatic carbocycles. The Bertz CT molecular complexity index is 788. The lowest BCUT2D eigenvalue weighted by Gasteiger charge is -2.21. The summed E-state index contributed by atoms with van der Waals surface area (Å²) in [4.78, 5) is 23.9. The zero-order valence-electron chi connectivity index (χ0n) is 14.4. The third kappa shape index (κ3) is 3.40. The van der Waals surface area contributed by atoms with E-state index in [1.54, 1.807) is 17.7 Å². The lowest BCUT2D eigenvalue weighted by molar-refractivity contribution is 0.0697. The molecule has 0 radical (unpaired) electrons. The Hall–Kier alpha value is -2.83. The largest absolute Gasteiger partial charge is 0.497 e. The van der Waals surface area contributed by atoms with Crippen molar-refractivity contribution in [3.05, 3.63) is 41.2 Å². The van der Waals surface area contributed by atoms with Crippen molar-refractivity contribution in [3.63, 3.8) is 0 Å². The van der Waals surface area contributed by atoms with Gasteiger partial charge in [-0.1, -0.05) is 0 Å². The average molecular weight is 331 g/mol. The van der Waals surface area contributed by atoms with Crippen LogP contribution in [0, 0.1) is 6.92 Å². The van der Waals surface area contributed by atoms with E-state index in [0.717, 1.165) is 0 Å². The van der Waals surface area contributed by atoms with E-state index in [9.17, 15) is 14.7 Å². The van der Waals surface area contributed by atoms with Gasteiger partial charge in [0.2, 0.25) is 0 Å². The van der Waals surface area contributed by atoms with Crippen LogP contribution in [0.5, 0.6) is 5.75 Å². The summed E-state index contributed by atoms with van der Waals surface area (Å²) in [6.07, 6.45) is 1.49. The summed E-state index contributed by atoms with van der Waals surface area (Å²) in [5.74, 6) is -1.15. The molecule has 0 aliphatic heterocycles. The van der Waals surface area contributed by atoms with Gasteiger partial charge in [-0.25, -0.2) is 4.79 Å². The molecular formula is C17H21N3O4. The highest BCUT2D eigenvalue weighted by Crippen LogP contribution is 2.24. The van der Waals surface area contributed by atoms with Crippen LogP contribution in [-0.2, 0) is 5.54 Å². The molecule has 0 saturated heterocycles. The van der Waals surface area contributed by atoms with E-state index in [4.69, 9.17) is 4.74 Å². The van der Waals surface area contributed by atoms with Crippen LogP contribution in [0.3, 0.4) is 0 Å². The van der Waals surface area contributed by atoms with Gasteiger partial charge in [0.15, 0.2) is 0 Å². The first-order chi connectivity index (χ1) is 11.1. The van der Waals surface area contributed by atoms with Gasteiger partial charge in [0.1, 0.15) is 5.75 Å². The molecule has 1 heterocycles. The number of methoxy groups -OCH3 is 1. The minimum Gasteiger partial charge on any atom is -0.497 e. The van der Waals surface area contributed by atoms with Gasteiger partial charge in [0.05, 0.1) is 35.7 Å². The molecule has 2 N–H and O–H groups in total. The minimum atomic E-state index is -1.15. The van der Waals surface area contributed by atoms with Crippen LogP contribution in [-0.4, -0.2) is 33.9 Å². The number of carboxylic acids is 1. The van der Waals surface area contributed by atoms with E-state index < -0.39 is 11.9 Å². The number of benzene rings is 1. The molecule has 128 valence electrons. The number of carbonyl (C=O) groups excluding carboxylic acids is 1. The van der Waals surface area contributed by atoms with Crippen LogP contribution in [0.2, 0.25) is 0 Å². The summed E-state index contributed by atoms with van der Waals surface area (Å²) < 4.78 is 6.78. The lowest BCUT2D eigenvalue weighted by atomic mass is 10.1. The van der Waals surface area contributed by atoms with Crippen molar-refractivity contribution in [1.82, 2.24) is 9.78 Å². The number of nitrogens with zero attached hydrogens (tertiary/aromatic N) is 2. The fourth-order valence-corrected chi connectivity index (χ4v) is 2.43. The number of amides is 1. The standard InChI is InChI=1S/C17H21N3O4/c1-10-13(9-18-20(10)17(2,3)4)15(21)19-14-7-6-11(24-5)8-12(14)16(22)23/h6-9H,1-5H3,(H,19,21)(H,22,23). The number of ether oxygens (including phenoxy) is 1. The fourth-order valence-electron chi connectivity index (χ4n) is 2.43. The first-order valence-electron chi connectivity index (χ1n) is 7.43. The summed E-state index contributed by atoms with van der Waals surface area (Å²) in [6, 6.07) is 4.46. The molecule has 24 heavy (non-hydrogen) atoms. The second kappa shape index (κ2) is 6.35. The van der Waals surface area contributed by atoms with E-state index in [-0.39, 0.29) is 16.8 Å². The van der Waals surface area contributed by atoms with E-state index in [0.29, 0.717) is 17.0 Å². The lowest BCUT2D eigenvalue weighted by Crippen LogP contribution is -2.25. The molecular weight excluding hydrogens is 310 g/mol. The molecule has 0 aliphatic rings. The number of carbonyl (C=O) groups is 2. The van der Waals surface area contributed by atoms with Crippen LogP contribution >= 0.6 is 0 Å². The maximum Gasteiger partial charge on any atom is 0.337 e. The first-order valence-corrected chi connectivity index (χ1v) is 7.43. The van der Waals surface area contributed by atoms with Crippen molar-refractivity contribution >= 4 is 17.6 Å². The Balaban J connectivity index is 2.34. The topological polar surface area (TPSA) is 93.5 Å². The van der Waals surface area contributed by atoms with E-state index >= 15 is 0 Å². The van der Waals surface area contributed by atoms with E-state index in [1.165, 1.54) is 25.4 Å². The summed E-state index contributed by atoms with van der Waals surface area (Å²) in [6.45, 7) is 7.77. The van der Waals surface area contributed by atoms with Gasteiger partial charge in [-0.2, -0.15) is 5.10 Å². The van der Waals surface area contributed by atoms with Gasteiger partial charge in [-0.3, -0.25) is 9.48 Å². The number of aromatic carboxylic acids is 1. The van der Waals surface area contributed by atoms with Crippen molar-refractivity contribution < 1.29 is 19.4 Å². The van der Waals surface area contributed by atoms with Crippen LogP contribution in [0.25, 0.3) is 0 Å². The molecule has 0 bridgehead atoms. The number of nitrogens with one attached hydrogen (secondary N) is 1. The monoisotopic (exact) mass is 331 g/mol. The molecule has 0 fully saturated rings. The van der Waals surface area contributed by atoms with Crippen molar-refractivity contribution in [1.29, 1.82) is 0 Å². The maximum atomic E-state index is 12.5. The molecule has 0 unspecified atom stereocenters. The van der Waals surface area contributed by atoms with Crippen molar-refractivity contribution in [2.45, 2.75) is 33.2 Å². The van der Waals surface area contributed by atoms with Crippen molar-refractivity contribution in [2.75, 3.05) is 12.4 Å². The second-order valence-corrected chi connectivity index (χ2v) is 6.40. The number of hydrogen-bond donors (Lipinski definition) is 2. The van der Waals surface area contributed by atoms with Gasteiger partial charge in [-0.15, -0.1) is 0 Å². The summed E-state index contributed by atoms with van der Waals surface area (Å²) in [7, 11) is 1.45. The van der Waals surface area contributed by atoms with Crippen LogP contribution in [0.15, 0.2) is 24.4 Å². The third-order valence-electron chi connectivity index (χ3n) is 3.60. The SMILES string of the molecule is COc1ccc(NC(=O)c2cnn(C(C)(C)C)c2C)c(C(=O)O)c1. The fraction of sp³-hybridized carbons (Fsp3) is 0.353. The van der Waals surface area contributed by atoms with Gasteiger partial charge in [0.25, 0.3) is 5.91 Å². The Morgan fingerprint density at radius 3 is 2.42 bits per heavy atom. The predicted molar refractivity (Wildman–Crippen MR) is 89.9 cm³/mol. The first kappa shape index (κ1) is 17.5. The number of rotatable bonds is 4. The number of carboxylic acid groups (broad SMARTS) is 1. The summed E-state index contributed by atoms with van der Waals surface area (Å²) >= 11 is 0. The Kier molecular flexibility index (Phi) is 4.64. The number of hydrogen-bond acceptors (Lipinski definition) is 4. The van der Waals surface area contributed by atoms with Gasteiger partial charge < -0.3 is 15.2 Å². The quantitative estimate of drug-likeness (QED) is 0.898. The summed E-state index contributed by atoms with van der Waals surface area (Å²) in [5, 5.41) is 16.2. The Morgan fingerprint density at radius 2 is 1.92 bits per heavy atom. The molecule has 2 aromatic rings. The minimum absolute atomic E-state index is 0.0384. The molecule has 0 spiro atoms. The molecule has 0 atom stereocenters.